The molecule has 0 aromatic heterocycles. The molecule has 0 amide bonds. The van der Waals surface area contributed by atoms with Gasteiger partial charge in [0.1, 0.15) is 0 Å². The van der Waals surface area contributed by atoms with Crippen molar-refractivity contribution in [2.45, 2.75) is 23.8 Å². The van der Waals surface area contributed by atoms with Crippen molar-refractivity contribution in [3.63, 3.8) is 0 Å². The summed E-state index contributed by atoms with van der Waals surface area (Å²) in [6, 6.07) is 6.42. The Kier molecular flexibility index (Phi) is 4.48. The first-order valence-electron chi connectivity index (χ1n) is 6.32. The SMILES string of the molecule is NS(=O)(=O)c1ccc(CCN[C@@H]2CCS(=O)(=O)C2)cc1. The Labute approximate surface area is 119 Å². The van der Waals surface area contributed by atoms with Gasteiger partial charge in [0.15, 0.2) is 9.84 Å². The number of sulfonamides is 1. The van der Waals surface area contributed by atoms with Gasteiger partial charge >= 0.3 is 0 Å². The third-order valence-electron chi connectivity index (χ3n) is 3.33. The largest absolute Gasteiger partial charge is 0.313 e. The van der Waals surface area contributed by atoms with Crippen LogP contribution in [-0.4, -0.2) is 40.9 Å². The Bertz CT molecular complexity index is 666. The van der Waals surface area contributed by atoms with Crippen molar-refractivity contribution < 1.29 is 16.8 Å². The first kappa shape index (κ1) is 15.4. The summed E-state index contributed by atoms with van der Waals surface area (Å²) >= 11 is 0. The maximum absolute atomic E-state index is 11.3. The zero-order valence-electron chi connectivity index (χ0n) is 10.9. The average Bonchev–Trinajstić information content (AvgIpc) is 2.68. The third-order valence-corrected chi connectivity index (χ3v) is 6.03. The van der Waals surface area contributed by atoms with Crippen LogP contribution in [0.2, 0.25) is 0 Å². The van der Waals surface area contributed by atoms with Crippen LogP contribution in [0.1, 0.15) is 12.0 Å². The van der Waals surface area contributed by atoms with Crippen molar-refractivity contribution in [1.82, 2.24) is 5.32 Å². The van der Waals surface area contributed by atoms with Gasteiger partial charge in [0.05, 0.1) is 16.4 Å². The summed E-state index contributed by atoms with van der Waals surface area (Å²) in [5.41, 5.74) is 0.978. The van der Waals surface area contributed by atoms with Crippen LogP contribution in [0, 0.1) is 0 Å². The molecular weight excluding hydrogens is 300 g/mol. The van der Waals surface area contributed by atoms with Crippen molar-refractivity contribution in [2.24, 2.45) is 5.14 Å². The molecule has 20 heavy (non-hydrogen) atoms. The van der Waals surface area contributed by atoms with Gasteiger partial charge in [-0.05, 0) is 37.1 Å². The minimum absolute atomic E-state index is 0.0312. The lowest BCUT2D eigenvalue weighted by molar-refractivity contribution is 0.557. The highest BCUT2D eigenvalue weighted by Gasteiger charge is 2.26. The molecule has 1 atom stereocenters. The number of rotatable bonds is 5. The minimum atomic E-state index is -3.65. The van der Waals surface area contributed by atoms with Crippen molar-refractivity contribution in [3.05, 3.63) is 29.8 Å². The molecule has 0 aliphatic carbocycles. The van der Waals surface area contributed by atoms with E-state index in [1.54, 1.807) is 12.1 Å². The Morgan fingerprint density at radius 2 is 1.90 bits per heavy atom. The van der Waals surface area contributed by atoms with Crippen LogP contribution in [0.4, 0.5) is 0 Å². The monoisotopic (exact) mass is 318 g/mol. The first-order chi connectivity index (χ1) is 9.26. The number of nitrogens with one attached hydrogen (secondary N) is 1. The standard InChI is InChI=1S/C12H18N2O4S2/c13-20(17,18)12-3-1-10(2-4-12)5-7-14-11-6-8-19(15,16)9-11/h1-4,11,14H,5-9H2,(H2,13,17,18)/t11-/m1/s1. The average molecular weight is 318 g/mol. The summed E-state index contributed by atoms with van der Waals surface area (Å²) < 4.78 is 44.8. The van der Waals surface area contributed by atoms with E-state index in [1.165, 1.54) is 12.1 Å². The lowest BCUT2D eigenvalue weighted by atomic mass is 10.1. The number of benzene rings is 1. The number of sulfone groups is 1. The number of hydrogen-bond donors (Lipinski definition) is 2. The number of hydrogen-bond acceptors (Lipinski definition) is 5. The maximum Gasteiger partial charge on any atom is 0.238 e. The van der Waals surface area contributed by atoms with E-state index in [-0.39, 0.29) is 22.4 Å². The molecule has 0 radical (unpaired) electrons. The molecule has 2 rings (SSSR count). The van der Waals surface area contributed by atoms with Crippen LogP contribution in [0.3, 0.4) is 0 Å². The van der Waals surface area contributed by atoms with Crippen molar-refractivity contribution >= 4 is 19.9 Å². The highest BCUT2D eigenvalue weighted by molar-refractivity contribution is 7.91. The Morgan fingerprint density at radius 1 is 1.25 bits per heavy atom. The second-order valence-electron chi connectivity index (χ2n) is 4.99. The molecule has 112 valence electrons. The number of primary sulfonamides is 1. The lowest BCUT2D eigenvalue weighted by Gasteiger charge is -2.10. The van der Waals surface area contributed by atoms with E-state index in [2.05, 4.69) is 5.32 Å². The smallest absolute Gasteiger partial charge is 0.238 e. The second kappa shape index (κ2) is 5.80. The summed E-state index contributed by atoms with van der Waals surface area (Å²) in [6.45, 7) is 0.662. The highest BCUT2D eigenvalue weighted by Crippen LogP contribution is 2.12. The number of nitrogens with two attached hydrogens (primary N) is 1. The minimum Gasteiger partial charge on any atom is -0.313 e. The second-order valence-corrected chi connectivity index (χ2v) is 8.78. The Morgan fingerprint density at radius 3 is 2.40 bits per heavy atom. The summed E-state index contributed by atoms with van der Waals surface area (Å²) in [6.07, 6.45) is 1.37. The predicted octanol–water partition coefficient (Wildman–Crippen LogP) is -0.347. The molecule has 0 unspecified atom stereocenters. The van der Waals surface area contributed by atoms with Crippen molar-refractivity contribution in [1.29, 1.82) is 0 Å². The van der Waals surface area contributed by atoms with Crippen LogP contribution in [0.5, 0.6) is 0 Å². The molecule has 0 spiro atoms. The Hall–Kier alpha value is -0.960. The van der Waals surface area contributed by atoms with Crippen molar-refractivity contribution in [3.8, 4) is 0 Å². The summed E-state index contributed by atoms with van der Waals surface area (Å²) in [5, 5.41) is 8.23. The van der Waals surface area contributed by atoms with Gasteiger partial charge in [0, 0.05) is 6.04 Å². The van der Waals surface area contributed by atoms with Crippen LogP contribution < -0.4 is 10.5 Å². The first-order valence-corrected chi connectivity index (χ1v) is 9.69. The summed E-state index contributed by atoms with van der Waals surface area (Å²) in [5.74, 6) is 0.463. The zero-order chi connectivity index (χ0) is 14.8. The molecule has 8 heteroatoms. The fraction of sp³-hybridized carbons (Fsp3) is 0.500. The van der Waals surface area contributed by atoms with Gasteiger partial charge in [0.2, 0.25) is 10.0 Å². The zero-order valence-corrected chi connectivity index (χ0v) is 12.6. The van der Waals surface area contributed by atoms with E-state index in [0.29, 0.717) is 19.4 Å². The van der Waals surface area contributed by atoms with Gasteiger partial charge in [-0.3, -0.25) is 0 Å². The van der Waals surface area contributed by atoms with E-state index in [9.17, 15) is 16.8 Å². The molecule has 3 N–H and O–H groups in total. The molecular formula is C12H18N2O4S2. The van der Waals surface area contributed by atoms with E-state index in [1.807, 2.05) is 0 Å². The molecule has 1 aromatic carbocycles. The molecule has 1 fully saturated rings. The third kappa shape index (κ3) is 4.27. The normalized spacial score (nSPS) is 21.9. The molecule has 0 saturated carbocycles. The predicted molar refractivity (Wildman–Crippen MR) is 76.6 cm³/mol. The molecule has 0 bridgehead atoms. The lowest BCUT2D eigenvalue weighted by Crippen LogP contribution is -2.31. The van der Waals surface area contributed by atoms with Gasteiger partial charge in [-0.25, -0.2) is 22.0 Å². The van der Waals surface area contributed by atoms with E-state index in [0.717, 1.165) is 5.56 Å². The fourth-order valence-corrected chi connectivity index (χ4v) is 4.45. The van der Waals surface area contributed by atoms with Crippen LogP contribution >= 0.6 is 0 Å². The molecule has 1 aliphatic rings. The summed E-state index contributed by atoms with van der Waals surface area (Å²) in [4.78, 5) is 0.0936. The van der Waals surface area contributed by atoms with Gasteiger partial charge in [-0.1, -0.05) is 12.1 Å². The molecule has 1 aliphatic heterocycles. The molecule has 6 nitrogen and oxygen atoms in total. The highest BCUT2D eigenvalue weighted by atomic mass is 32.2. The van der Waals surface area contributed by atoms with Gasteiger partial charge in [-0.15, -0.1) is 0 Å². The van der Waals surface area contributed by atoms with Crippen LogP contribution in [-0.2, 0) is 26.3 Å². The van der Waals surface area contributed by atoms with Gasteiger partial charge in [0.25, 0.3) is 0 Å². The topological polar surface area (TPSA) is 106 Å². The van der Waals surface area contributed by atoms with Crippen LogP contribution in [0.25, 0.3) is 0 Å². The molecule has 1 saturated heterocycles. The fourth-order valence-electron chi connectivity index (χ4n) is 2.22. The van der Waals surface area contributed by atoms with Gasteiger partial charge < -0.3 is 5.32 Å². The van der Waals surface area contributed by atoms with Gasteiger partial charge in [-0.2, -0.15) is 0 Å². The Balaban J connectivity index is 1.83. The molecule has 1 heterocycles. The quantitative estimate of drug-likeness (QED) is 0.772. The van der Waals surface area contributed by atoms with Crippen LogP contribution in [0.15, 0.2) is 29.2 Å². The maximum atomic E-state index is 11.3. The van der Waals surface area contributed by atoms with E-state index < -0.39 is 19.9 Å². The van der Waals surface area contributed by atoms with Crippen molar-refractivity contribution in [2.75, 3.05) is 18.1 Å². The van der Waals surface area contributed by atoms with E-state index in [4.69, 9.17) is 5.14 Å². The molecule has 1 aromatic rings. The van der Waals surface area contributed by atoms with E-state index >= 15 is 0 Å². The summed E-state index contributed by atoms with van der Waals surface area (Å²) in [7, 11) is -6.50.